The molecule has 0 aromatic carbocycles. The van der Waals surface area contributed by atoms with Crippen molar-refractivity contribution in [2.24, 2.45) is 0 Å². The van der Waals surface area contributed by atoms with Crippen LogP contribution in [0.1, 0.15) is 142 Å². The fourth-order valence-corrected chi connectivity index (χ4v) is 3.63. The zero-order valence-electron chi connectivity index (χ0n) is 19.2. The Bertz CT molecular complexity index is 348. The van der Waals surface area contributed by atoms with Crippen LogP contribution < -0.4 is 0 Å². The number of allylic oxidation sites excluding steroid dienone is 1. The Hall–Kier alpha value is -0.630. The normalized spacial score (nSPS) is 12.7. The molecule has 1 unspecified atom stereocenters. The van der Waals surface area contributed by atoms with Crippen molar-refractivity contribution in [3.63, 3.8) is 0 Å². The van der Waals surface area contributed by atoms with E-state index in [-0.39, 0.29) is 11.9 Å². The summed E-state index contributed by atoms with van der Waals surface area (Å²) in [5.74, 6) is 0.251. The van der Waals surface area contributed by atoms with Gasteiger partial charge in [0.25, 0.3) is 0 Å². The predicted molar refractivity (Wildman–Crippen MR) is 124 cm³/mol. The van der Waals surface area contributed by atoms with E-state index in [4.69, 9.17) is 0 Å². The maximum atomic E-state index is 11.2. The number of aliphatic hydroxyl groups is 1. The van der Waals surface area contributed by atoms with Crippen LogP contribution in [0.25, 0.3) is 0 Å². The largest absolute Gasteiger partial charge is 0.393 e. The second-order valence-corrected chi connectivity index (χ2v) is 8.53. The van der Waals surface area contributed by atoms with Gasteiger partial charge in [-0.25, -0.2) is 0 Å². The third-order valence-corrected chi connectivity index (χ3v) is 5.70. The van der Waals surface area contributed by atoms with Crippen molar-refractivity contribution in [3.05, 3.63) is 12.2 Å². The molecule has 0 saturated heterocycles. The molecule has 0 aromatic heterocycles. The molecule has 0 aliphatic heterocycles. The van der Waals surface area contributed by atoms with Crippen LogP contribution in [0.4, 0.5) is 0 Å². The summed E-state index contributed by atoms with van der Waals surface area (Å²) >= 11 is 0. The van der Waals surface area contributed by atoms with Crippen LogP contribution in [0, 0.1) is 0 Å². The molecule has 1 atom stereocenters. The van der Waals surface area contributed by atoms with E-state index in [1.54, 1.807) is 0 Å². The summed E-state index contributed by atoms with van der Waals surface area (Å²) in [5.41, 5.74) is 0. The first-order valence-corrected chi connectivity index (χ1v) is 12.5. The van der Waals surface area contributed by atoms with Gasteiger partial charge in [-0.2, -0.15) is 0 Å². The van der Waals surface area contributed by atoms with Crippen molar-refractivity contribution in [1.29, 1.82) is 0 Å². The number of carbonyl (C=O) groups excluding carboxylic acids is 1. The molecule has 166 valence electrons. The summed E-state index contributed by atoms with van der Waals surface area (Å²) in [7, 11) is 0. The lowest BCUT2D eigenvalue weighted by Crippen LogP contribution is -2.08. The van der Waals surface area contributed by atoms with E-state index in [0.717, 1.165) is 6.42 Å². The summed E-state index contributed by atoms with van der Waals surface area (Å²) in [6.07, 6.45) is 28.5. The zero-order valence-corrected chi connectivity index (χ0v) is 19.2. The Labute approximate surface area is 176 Å². The van der Waals surface area contributed by atoms with Gasteiger partial charge in [-0.05, 0) is 25.7 Å². The summed E-state index contributed by atoms with van der Waals surface area (Å²) in [5, 5.41) is 9.83. The van der Waals surface area contributed by atoms with Gasteiger partial charge >= 0.3 is 0 Å². The molecule has 2 heteroatoms. The quantitative estimate of drug-likeness (QED) is 0.148. The lowest BCUT2D eigenvalue weighted by atomic mass is 10.0. The summed E-state index contributed by atoms with van der Waals surface area (Å²) in [6, 6.07) is 0. The molecular weight excluding hydrogens is 344 g/mol. The van der Waals surface area contributed by atoms with Crippen molar-refractivity contribution in [1.82, 2.24) is 0 Å². The standard InChI is InChI=1S/C26H50O2/c1-3-5-6-7-8-9-10-11-12-13-14-15-16-17-18-19-20-21-22-26(28)24-23-25(27)4-2/h20-21,26,28H,3-19,22-24H2,1-2H3/b21-20+. The van der Waals surface area contributed by atoms with Gasteiger partial charge < -0.3 is 5.11 Å². The summed E-state index contributed by atoms with van der Waals surface area (Å²) < 4.78 is 0. The number of hydrogen-bond donors (Lipinski definition) is 1. The van der Waals surface area contributed by atoms with E-state index >= 15 is 0 Å². The Balaban J connectivity index is 3.20. The average Bonchev–Trinajstić information content (AvgIpc) is 2.71. The molecule has 0 spiro atoms. The minimum atomic E-state index is -0.354. The number of ketones is 1. The number of unbranched alkanes of at least 4 members (excludes halogenated alkanes) is 15. The number of rotatable bonds is 22. The number of Topliss-reactive ketones (excluding diaryl/α,β-unsaturated/α-hetero) is 1. The topological polar surface area (TPSA) is 37.3 Å². The average molecular weight is 395 g/mol. The molecule has 0 bridgehead atoms. The van der Waals surface area contributed by atoms with E-state index in [9.17, 15) is 9.90 Å². The Morgan fingerprint density at radius 3 is 1.64 bits per heavy atom. The highest BCUT2D eigenvalue weighted by Gasteiger charge is 2.05. The highest BCUT2D eigenvalue weighted by Crippen LogP contribution is 2.14. The minimum absolute atomic E-state index is 0.251. The molecule has 0 saturated carbocycles. The maximum Gasteiger partial charge on any atom is 0.132 e. The minimum Gasteiger partial charge on any atom is -0.393 e. The van der Waals surface area contributed by atoms with E-state index in [2.05, 4.69) is 19.1 Å². The monoisotopic (exact) mass is 394 g/mol. The van der Waals surface area contributed by atoms with E-state index in [1.165, 1.54) is 96.3 Å². The molecular formula is C26H50O2. The number of hydrogen-bond acceptors (Lipinski definition) is 2. The highest BCUT2D eigenvalue weighted by molar-refractivity contribution is 5.77. The first-order chi connectivity index (χ1) is 13.7. The SMILES string of the molecule is CCCCCCCCCCCCCCCCC/C=C/CC(O)CCC(=O)CC. The van der Waals surface area contributed by atoms with E-state index in [1.807, 2.05) is 6.92 Å². The van der Waals surface area contributed by atoms with Crippen molar-refractivity contribution >= 4 is 5.78 Å². The zero-order chi connectivity index (χ0) is 20.7. The molecule has 0 aliphatic rings. The lowest BCUT2D eigenvalue weighted by Gasteiger charge is -2.06. The number of carbonyl (C=O) groups is 1. The van der Waals surface area contributed by atoms with Gasteiger partial charge in [-0.3, -0.25) is 4.79 Å². The summed E-state index contributed by atoms with van der Waals surface area (Å²) in [6.45, 7) is 4.16. The van der Waals surface area contributed by atoms with Crippen molar-refractivity contribution in [2.45, 2.75) is 148 Å². The van der Waals surface area contributed by atoms with Gasteiger partial charge in [0.05, 0.1) is 6.10 Å². The Morgan fingerprint density at radius 1 is 0.714 bits per heavy atom. The second kappa shape index (κ2) is 22.7. The van der Waals surface area contributed by atoms with Crippen molar-refractivity contribution in [2.75, 3.05) is 0 Å². The Morgan fingerprint density at radius 2 is 1.18 bits per heavy atom. The highest BCUT2D eigenvalue weighted by atomic mass is 16.3. The summed E-state index contributed by atoms with van der Waals surface area (Å²) in [4.78, 5) is 11.2. The van der Waals surface area contributed by atoms with Crippen LogP contribution in [0.2, 0.25) is 0 Å². The second-order valence-electron chi connectivity index (χ2n) is 8.53. The molecule has 0 heterocycles. The molecule has 1 N–H and O–H groups in total. The molecule has 0 aliphatic carbocycles. The van der Waals surface area contributed by atoms with Crippen LogP contribution >= 0.6 is 0 Å². The van der Waals surface area contributed by atoms with E-state index in [0.29, 0.717) is 25.7 Å². The van der Waals surface area contributed by atoms with Gasteiger partial charge in [0.15, 0.2) is 0 Å². The van der Waals surface area contributed by atoms with Crippen LogP contribution in [0.3, 0.4) is 0 Å². The molecule has 0 amide bonds. The predicted octanol–water partition coefficient (Wildman–Crippen LogP) is 8.31. The van der Waals surface area contributed by atoms with Crippen molar-refractivity contribution < 1.29 is 9.90 Å². The third kappa shape index (κ3) is 21.7. The molecule has 0 aromatic rings. The number of aliphatic hydroxyl groups excluding tert-OH is 1. The van der Waals surface area contributed by atoms with Crippen LogP contribution in [-0.4, -0.2) is 17.0 Å². The van der Waals surface area contributed by atoms with Gasteiger partial charge in [-0.1, -0.05) is 116 Å². The molecule has 28 heavy (non-hydrogen) atoms. The molecule has 0 fully saturated rings. The van der Waals surface area contributed by atoms with Gasteiger partial charge in [0.1, 0.15) is 5.78 Å². The smallest absolute Gasteiger partial charge is 0.132 e. The van der Waals surface area contributed by atoms with E-state index < -0.39 is 0 Å². The van der Waals surface area contributed by atoms with Crippen LogP contribution in [0.5, 0.6) is 0 Å². The van der Waals surface area contributed by atoms with Gasteiger partial charge in [0, 0.05) is 12.8 Å². The molecule has 2 nitrogen and oxygen atoms in total. The first-order valence-electron chi connectivity index (χ1n) is 12.5. The van der Waals surface area contributed by atoms with Crippen LogP contribution in [-0.2, 0) is 4.79 Å². The lowest BCUT2D eigenvalue weighted by molar-refractivity contribution is -0.119. The molecule has 0 rings (SSSR count). The maximum absolute atomic E-state index is 11.2. The Kier molecular flexibility index (Phi) is 22.1. The fraction of sp³-hybridized carbons (Fsp3) is 0.885. The fourth-order valence-electron chi connectivity index (χ4n) is 3.63. The third-order valence-electron chi connectivity index (χ3n) is 5.70. The van der Waals surface area contributed by atoms with Gasteiger partial charge in [0.2, 0.25) is 0 Å². The first kappa shape index (κ1) is 27.4. The van der Waals surface area contributed by atoms with Crippen LogP contribution in [0.15, 0.2) is 12.2 Å². The van der Waals surface area contributed by atoms with Crippen molar-refractivity contribution in [3.8, 4) is 0 Å². The van der Waals surface area contributed by atoms with Gasteiger partial charge in [-0.15, -0.1) is 0 Å². The molecule has 0 radical (unpaired) electrons.